The highest BCUT2D eigenvalue weighted by Gasteiger charge is 2.25. The van der Waals surface area contributed by atoms with Crippen LogP contribution in [0.5, 0.6) is 0 Å². The van der Waals surface area contributed by atoms with Gasteiger partial charge in [0.2, 0.25) is 0 Å². The van der Waals surface area contributed by atoms with E-state index in [0.717, 1.165) is 18.7 Å². The lowest BCUT2D eigenvalue weighted by Gasteiger charge is -2.17. The zero-order chi connectivity index (χ0) is 14.3. The fourth-order valence-corrected chi connectivity index (χ4v) is 2.37. The molecule has 1 aliphatic rings. The van der Waals surface area contributed by atoms with Crippen LogP contribution >= 0.6 is 0 Å². The van der Waals surface area contributed by atoms with Crippen molar-refractivity contribution >= 4 is 16.9 Å². The van der Waals surface area contributed by atoms with Crippen LogP contribution in [-0.2, 0) is 0 Å². The summed E-state index contributed by atoms with van der Waals surface area (Å²) in [6, 6.07) is 2.56. The van der Waals surface area contributed by atoms with Crippen LogP contribution in [0, 0.1) is 17.6 Å². The maximum absolute atomic E-state index is 13.3. The van der Waals surface area contributed by atoms with Crippen molar-refractivity contribution in [2.45, 2.75) is 19.9 Å². The Morgan fingerprint density at radius 3 is 2.60 bits per heavy atom. The number of hydrogen-bond acceptors (Lipinski definition) is 4. The lowest BCUT2D eigenvalue weighted by molar-refractivity contribution is 0.472. The van der Waals surface area contributed by atoms with Gasteiger partial charge in [-0.15, -0.1) is 0 Å². The number of rotatable bonds is 2. The molecular formula is C14H16F2N4. The van der Waals surface area contributed by atoms with Crippen molar-refractivity contribution < 1.29 is 8.78 Å². The number of nitrogens with zero attached hydrogens (tertiary/aromatic N) is 3. The van der Waals surface area contributed by atoms with Crippen molar-refractivity contribution in [1.29, 1.82) is 0 Å². The molecule has 0 amide bonds. The molecule has 2 heterocycles. The summed E-state index contributed by atoms with van der Waals surface area (Å²) < 4.78 is 26.4. The van der Waals surface area contributed by atoms with E-state index in [2.05, 4.69) is 34.0 Å². The Balaban J connectivity index is 1.92. The maximum atomic E-state index is 13.3. The Hall–Kier alpha value is -1.82. The molecule has 1 saturated heterocycles. The molecule has 0 aliphatic carbocycles. The van der Waals surface area contributed by atoms with Crippen LogP contribution in [0.3, 0.4) is 0 Å². The summed E-state index contributed by atoms with van der Waals surface area (Å²) in [6.07, 6.45) is 1.60. The summed E-state index contributed by atoms with van der Waals surface area (Å²) in [5, 5.41) is 3.40. The van der Waals surface area contributed by atoms with Crippen LogP contribution in [0.25, 0.3) is 11.0 Å². The van der Waals surface area contributed by atoms with Crippen molar-refractivity contribution in [3.8, 4) is 0 Å². The summed E-state index contributed by atoms with van der Waals surface area (Å²) in [7, 11) is 0. The molecule has 2 aromatic rings. The Morgan fingerprint density at radius 2 is 1.95 bits per heavy atom. The van der Waals surface area contributed by atoms with E-state index in [0.29, 0.717) is 35.5 Å². The van der Waals surface area contributed by atoms with E-state index in [9.17, 15) is 8.78 Å². The van der Waals surface area contributed by atoms with E-state index in [1.165, 1.54) is 0 Å². The van der Waals surface area contributed by atoms with Gasteiger partial charge >= 0.3 is 0 Å². The molecular weight excluding hydrogens is 262 g/mol. The Morgan fingerprint density at radius 1 is 1.25 bits per heavy atom. The van der Waals surface area contributed by atoms with Crippen LogP contribution in [-0.4, -0.2) is 29.2 Å². The number of halogens is 2. The van der Waals surface area contributed by atoms with Crippen molar-refractivity contribution in [1.82, 2.24) is 15.3 Å². The van der Waals surface area contributed by atoms with Gasteiger partial charge in [0.15, 0.2) is 11.6 Å². The minimum atomic E-state index is -0.901. The second kappa shape index (κ2) is 4.94. The van der Waals surface area contributed by atoms with Gasteiger partial charge in [-0.05, 0) is 5.92 Å². The number of anilines is 1. The second-order valence-corrected chi connectivity index (χ2v) is 5.42. The topological polar surface area (TPSA) is 41.1 Å². The predicted molar refractivity (Wildman–Crippen MR) is 73.4 cm³/mol. The lowest BCUT2D eigenvalue weighted by atomic mass is 10.1. The minimum Gasteiger partial charge on any atom is -0.341 e. The number of fused-ring (bicyclic) bond motifs is 1. The third-order valence-electron chi connectivity index (χ3n) is 3.66. The van der Waals surface area contributed by atoms with Crippen molar-refractivity contribution in [3.05, 3.63) is 30.0 Å². The summed E-state index contributed by atoms with van der Waals surface area (Å²) in [6.45, 7) is 5.84. The van der Waals surface area contributed by atoms with Gasteiger partial charge in [0, 0.05) is 24.7 Å². The maximum Gasteiger partial charge on any atom is 0.161 e. The monoisotopic (exact) mass is 278 g/mol. The summed E-state index contributed by atoms with van der Waals surface area (Å²) in [5.41, 5.74) is 0.731. The van der Waals surface area contributed by atoms with Gasteiger partial charge in [-0.25, -0.2) is 13.8 Å². The highest BCUT2D eigenvalue weighted by atomic mass is 19.2. The zero-order valence-corrected chi connectivity index (χ0v) is 11.4. The van der Waals surface area contributed by atoms with Crippen LogP contribution in [0.15, 0.2) is 18.3 Å². The standard InChI is InChI=1S/C14H16F2N4/c1-8(2)13-6-20(7-18-13)14-5-17-11-3-9(15)10(16)4-12(11)19-14/h3-5,8,13,18H,6-7H2,1-2H3. The summed E-state index contributed by atoms with van der Waals surface area (Å²) in [4.78, 5) is 10.6. The molecule has 1 aliphatic heterocycles. The molecule has 3 rings (SSSR count). The molecule has 0 saturated carbocycles. The van der Waals surface area contributed by atoms with Crippen LogP contribution < -0.4 is 10.2 Å². The summed E-state index contributed by atoms with van der Waals surface area (Å²) >= 11 is 0. The van der Waals surface area contributed by atoms with Gasteiger partial charge in [0.05, 0.1) is 23.9 Å². The molecule has 0 radical (unpaired) electrons. The molecule has 1 fully saturated rings. The van der Waals surface area contributed by atoms with Crippen LogP contribution in [0.1, 0.15) is 13.8 Å². The molecule has 1 aromatic heterocycles. The third kappa shape index (κ3) is 2.31. The average molecular weight is 278 g/mol. The number of hydrogen-bond donors (Lipinski definition) is 1. The molecule has 1 unspecified atom stereocenters. The number of benzene rings is 1. The van der Waals surface area contributed by atoms with Crippen molar-refractivity contribution in [3.63, 3.8) is 0 Å². The van der Waals surface area contributed by atoms with Gasteiger partial charge in [-0.3, -0.25) is 10.3 Å². The third-order valence-corrected chi connectivity index (χ3v) is 3.66. The van der Waals surface area contributed by atoms with Gasteiger partial charge in [0.25, 0.3) is 0 Å². The van der Waals surface area contributed by atoms with E-state index in [4.69, 9.17) is 0 Å². The average Bonchev–Trinajstić information content (AvgIpc) is 2.89. The molecule has 106 valence electrons. The quantitative estimate of drug-likeness (QED) is 0.915. The SMILES string of the molecule is CC(C)C1CN(c2cnc3cc(F)c(F)cc3n2)CN1. The number of aromatic nitrogens is 2. The minimum absolute atomic E-state index is 0.361. The first-order valence-corrected chi connectivity index (χ1v) is 6.64. The van der Waals surface area contributed by atoms with Gasteiger partial charge < -0.3 is 4.90 Å². The Bertz CT molecular complexity index is 644. The lowest BCUT2D eigenvalue weighted by Crippen LogP contribution is -2.29. The first kappa shape index (κ1) is 13.2. The zero-order valence-electron chi connectivity index (χ0n) is 11.4. The van der Waals surface area contributed by atoms with Crippen LogP contribution in [0.2, 0.25) is 0 Å². The molecule has 20 heavy (non-hydrogen) atoms. The second-order valence-electron chi connectivity index (χ2n) is 5.42. The molecule has 0 bridgehead atoms. The largest absolute Gasteiger partial charge is 0.341 e. The highest BCUT2D eigenvalue weighted by Crippen LogP contribution is 2.21. The fourth-order valence-electron chi connectivity index (χ4n) is 2.37. The Kier molecular flexibility index (Phi) is 3.25. The fraction of sp³-hybridized carbons (Fsp3) is 0.429. The first-order valence-electron chi connectivity index (χ1n) is 6.64. The molecule has 1 atom stereocenters. The normalized spacial score (nSPS) is 19.2. The molecule has 6 heteroatoms. The molecule has 0 spiro atoms. The smallest absolute Gasteiger partial charge is 0.161 e. The van der Waals surface area contributed by atoms with Gasteiger partial charge in [-0.2, -0.15) is 0 Å². The number of nitrogens with one attached hydrogen (secondary N) is 1. The van der Waals surface area contributed by atoms with Gasteiger partial charge in [0.1, 0.15) is 5.82 Å². The molecule has 1 N–H and O–H groups in total. The predicted octanol–water partition coefficient (Wildman–Crippen LogP) is 2.30. The van der Waals surface area contributed by atoms with E-state index in [1.807, 2.05) is 0 Å². The van der Waals surface area contributed by atoms with Crippen molar-refractivity contribution in [2.75, 3.05) is 18.1 Å². The van der Waals surface area contributed by atoms with E-state index < -0.39 is 11.6 Å². The van der Waals surface area contributed by atoms with Crippen LogP contribution in [0.4, 0.5) is 14.6 Å². The van der Waals surface area contributed by atoms with Gasteiger partial charge in [-0.1, -0.05) is 13.8 Å². The van der Waals surface area contributed by atoms with E-state index in [1.54, 1.807) is 6.20 Å². The molecule has 1 aromatic carbocycles. The molecule has 4 nitrogen and oxygen atoms in total. The highest BCUT2D eigenvalue weighted by molar-refractivity contribution is 5.75. The summed E-state index contributed by atoms with van der Waals surface area (Å²) in [5.74, 6) is -0.593. The Labute approximate surface area is 115 Å². The van der Waals surface area contributed by atoms with Crippen molar-refractivity contribution in [2.24, 2.45) is 5.92 Å². The van der Waals surface area contributed by atoms with E-state index >= 15 is 0 Å². The van der Waals surface area contributed by atoms with E-state index in [-0.39, 0.29) is 0 Å². The first-order chi connectivity index (χ1) is 9.54.